The molecule has 0 aliphatic rings. The van der Waals surface area contributed by atoms with Gasteiger partial charge in [-0.05, 0) is 52.2 Å². The Bertz CT molecular complexity index is 706. The lowest BCUT2D eigenvalue weighted by Crippen LogP contribution is -1.93. The molecular weight excluding hydrogens is 304 g/mol. The van der Waals surface area contributed by atoms with Crippen molar-refractivity contribution in [1.82, 2.24) is 19.6 Å². The van der Waals surface area contributed by atoms with Crippen LogP contribution in [0.3, 0.4) is 0 Å². The Labute approximate surface area is 119 Å². The Hall–Kier alpha value is -1.75. The SMILES string of the molecule is CCCc1cc(Br)n2nc(-c3ccncc3)nc2c1. The summed E-state index contributed by atoms with van der Waals surface area (Å²) in [6, 6.07) is 8.01. The Morgan fingerprint density at radius 1 is 1.21 bits per heavy atom. The molecule has 0 aromatic carbocycles. The highest BCUT2D eigenvalue weighted by Gasteiger charge is 2.09. The third kappa shape index (κ3) is 2.38. The number of aryl methyl sites for hydroxylation is 1. The average Bonchev–Trinajstić information content (AvgIpc) is 2.85. The first kappa shape index (κ1) is 12.3. The van der Waals surface area contributed by atoms with E-state index in [4.69, 9.17) is 0 Å². The largest absolute Gasteiger partial charge is 0.265 e. The molecule has 0 unspecified atom stereocenters. The molecule has 0 aliphatic carbocycles. The minimum atomic E-state index is 0.719. The monoisotopic (exact) mass is 316 g/mol. The fourth-order valence-corrected chi connectivity index (χ4v) is 2.61. The van der Waals surface area contributed by atoms with Crippen molar-refractivity contribution in [2.45, 2.75) is 19.8 Å². The summed E-state index contributed by atoms with van der Waals surface area (Å²) in [5.74, 6) is 0.719. The van der Waals surface area contributed by atoms with E-state index in [0.29, 0.717) is 0 Å². The second-order valence-electron chi connectivity index (χ2n) is 4.38. The number of nitrogens with zero attached hydrogens (tertiary/aromatic N) is 4. The molecular formula is C14H13BrN4. The number of pyridine rings is 2. The van der Waals surface area contributed by atoms with Gasteiger partial charge in [0.15, 0.2) is 11.5 Å². The molecule has 19 heavy (non-hydrogen) atoms. The van der Waals surface area contributed by atoms with Crippen LogP contribution in [-0.2, 0) is 6.42 Å². The highest BCUT2D eigenvalue weighted by atomic mass is 79.9. The van der Waals surface area contributed by atoms with E-state index in [1.807, 2.05) is 16.6 Å². The molecule has 0 saturated carbocycles. The topological polar surface area (TPSA) is 43.1 Å². The van der Waals surface area contributed by atoms with Gasteiger partial charge in [-0.15, -0.1) is 5.10 Å². The molecule has 5 heteroatoms. The number of hydrogen-bond donors (Lipinski definition) is 0. The molecule has 3 heterocycles. The summed E-state index contributed by atoms with van der Waals surface area (Å²) < 4.78 is 2.75. The van der Waals surface area contributed by atoms with Crippen molar-refractivity contribution in [2.24, 2.45) is 0 Å². The standard InChI is InChI=1S/C14H13BrN4/c1-2-3-10-8-12(15)19-13(9-10)17-14(18-19)11-4-6-16-7-5-11/h4-9H,2-3H2,1H3. The van der Waals surface area contributed by atoms with Gasteiger partial charge in [-0.25, -0.2) is 9.50 Å². The minimum Gasteiger partial charge on any atom is -0.265 e. The molecule has 0 radical (unpaired) electrons. The summed E-state index contributed by atoms with van der Waals surface area (Å²) in [6.45, 7) is 2.17. The van der Waals surface area contributed by atoms with Crippen molar-refractivity contribution >= 4 is 21.6 Å². The predicted octanol–water partition coefficient (Wildman–Crippen LogP) is 3.51. The van der Waals surface area contributed by atoms with Crippen molar-refractivity contribution in [2.75, 3.05) is 0 Å². The number of fused-ring (bicyclic) bond motifs is 1. The van der Waals surface area contributed by atoms with Gasteiger partial charge in [0.25, 0.3) is 0 Å². The van der Waals surface area contributed by atoms with Crippen LogP contribution < -0.4 is 0 Å². The summed E-state index contributed by atoms with van der Waals surface area (Å²) in [5, 5.41) is 4.51. The maximum absolute atomic E-state index is 4.58. The van der Waals surface area contributed by atoms with Crippen LogP contribution in [0.2, 0.25) is 0 Å². The van der Waals surface area contributed by atoms with Gasteiger partial charge in [0.05, 0.1) is 0 Å². The van der Waals surface area contributed by atoms with E-state index in [9.17, 15) is 0 Å². The highest BCUT2D eigenvalue weighted by Crippen LogP contribution is 2.20. The Balaban J connectivity index is 2.13. The molecule has 4 nitrogen and oxygen atoms in total. The summed E-state index contributed by atoms with van der Waals surface area (Å²) in [5.41, 5.74) is 3.11. The van der Waals surface area contributed by atoms with Crippen LogP contribution in [0.4, 0.5) is 0 Å². The van der Waals surface area contributed by atoms with Crippen LogP contribution in [-0.4, -0.2) is 19.6 Å². The summed E-state index contributed by atoms with van der Waals surface area (Å²) >= 11 is 3.55. The van der Waals surface area contributed by atoms with Gasteiger partial charge in [-0.3, -0.25) is 4.98 Å². The maximum atomic E-state index is 4.58. The predicted molar refractivity (Wildman–Crippen MR) is 77.9 cm³/mol. The van der Waals surface area contributed by atoms with Gasteiger partial charge in [0.1, 0.15) is 4.60 Å². The summed E-state index contributed by atoms with van der Waals surface area (Å²) in [6.07, 6.45) is 5.66. The van der Waals surface area contributed by atoms with E-state index >= 15 is 0 Å². The maximum Gasteiger partial charge on any atom is 0.182 e. The van der Waals surface area contributed by atoms with E-state index in [2.05, 4.69) is 50.1 Å². The number of aromatic nitrogens is 4. The lowest BCUT2D eigenvalue weighted by atomic mass is 10.1. The molecule has 0 atom stereocenters. The zero-order valence-corrected chi connectivity index (χ0v) is 12.1. The molecule has 0 fully saturated rings. The summed E-state index contributed by atoms with van der Waals surface area (Å²) in [4.78, 5) is 8.59. The van der Waals surface area contributed by atoms with Crippen LogP contribution in [0.15, 0.2) is 41.3 Å². The number of hydrogen-bond acceptors (Lipinski definition) is 3. The molecule has 0 N–H and O–H groups in total. The van der Waals surface area contributed by atoms with E-state index in [-0.39, 0.29) is 0 Å². The number of halogens is 1. The lowest BCUT2D eigenvalue weighted by Gasteiger charge is -2.01. The van der Waals surface area contributed by atoms with Gasteiger partial charge in [-0.1, -0.05) is 13.3 Å². The molecule has 0 saturated heterocycles. The van der Waals surface area contributed by atoms with Crippen molar-refractivity contribution in [3.05, 3.63) is 46.8 Å². The Morgan fingerprint density at radius 3 is 2.74 bits per heavy atom. The third-order valence-electron chi connectivity index (χ3n) is 2.93. The van der Waals surface area contributed by atoms with Crippen molar-refractivity contribution < 1.29 is 0 Å². The Morgan fingerprint density at radius 2 is 2.00 bits per heavy atom. The first-order valence-electron chi connectivity index (χ1n) is 6.23. The molecule has 3 rings (SSSR count). The second-order valence-corrected chi connectivity index (χ2v) is 5.19. The van der Waals surface area contributed by atoms with E-state index in [0.717, 1.165) is 34.5 Å². The van der Waals surface area contributed by atoms with Crippen LogP contribution in [0.1, 0.15) is 18.9 Å². The molecule has 0 amide bonds. The zero-order chi connectivity index (χ0) is 13.2. The molecule has 3 aromatic heterocycles. The quantitative estimate of drug-likeness (QED) is 0.694. The lowest BCUT2D eigenvalue weighted by molar-refractivity contribution is 0.892. The van der Waals surface area contributed by atoms with Crippen molar-refractivity contribution in [3.63, 3.8) is 0 Å². The molecule has 3 aromatic rings. The van der Waals surface area contributed by atoms with Gasteiger partial charge in [0, 0.05) is 18.0 Å². The Kier molecular flexibility index (Phi) is 3.29. The highest BCUT2D eigenvalue weighted by molar-refractivity contribution is 9.10. The second kappa shape index (κ2) is 5.09. The van der Waals surface area contributed by atoms with E-state index in [1.165, 1.54) is 5.56 Å². The molecule has 0 aliphatic heterocycles. The molecule has 96 valence electrons. The normalized spacial score (nSPS) is 11.1. The van der Waals surface area contributed by atoms with Gasteiger partial charge < -0.3 is 0 Å². The van der Waals surface area contributed by atoms with Gasteiger partial charge in [-0.2, -0.15) is 0 Å². The van der Waals surface area contributed by atoms with E-state index < -0.39 is 0 Å². The van der Waals surface area contributed by atoms with Crippen LogP contribution >= 0.6 is 15.9 Å². The van der Waals surface area contributed by atoms with Crippen LogP contribution in [0, 0.1) is 0 Å². The first-order valence-corrected chi connectivity index (χ1v) is 7.03. The fourth-order valence-electron chi connectivity index (χ4n) is 2.05. The fraction of sp³-hybridized carbons (Fsp3) is 0.214. The first-order chi connectivity index (χ1) is 9.28. The average molecular weight is 317 g/mol. The van der Waals surface area contributed by atoms with Gasteiger partial charge in [0.2, 0.25) is 0 Å². The molecule has 0 spiro atoms. The van der Waals surface area contributed by atoms with Crippen LogP contribution in [0.25, 0.3) is 17.0 Å². The smallest absolute Gasteiger partial charge is 0.182 e. The minimum absolute atomic E-state index is 0.719. The molecule has 0 bridgehead atoms. The van der Waals surface area contributed by atoms with Crippen molar-refractivity contribution in [3.8, 4) is 11.4 Å². The number of rotatable bonds is 3. The van der Waals surface area contributed by atoms with Gasteiger partial charge >= 0.3 is 0 Å². The zero-order valence-electron chi connectivity index (χ0n) is 10.5. The third-order valence-corrected chi connectivity index (χ3v) is 3.50. The summed E-state index contributed by atoms with van der Waals surface area (Å²) in [7, 11) is 0. The van der Waals surface area contributed by atoms with Crippen molar-refractivity contribution in [1.29, 1.82) is 0 Å². The van der Waals surface area contributed by atoms with E-state index in [1.54, 1.807) is 12.4 Å². The van der Waals surface area contributed by atoms with Crippen LogP contribution in [0.5, 0.6) is 0 Å².